The Morgan fingerprint density at radius 1 is 1.60 bits per heavy atom. The maximum atomic E-state index is 10.9. The van der Waals surface area contributed by atoms with Crippen LogP contribution in [0.3, 0.4) is 0 Å². The van der Waals surface area contributed by atoms with Gasteiger partial charge in [0.25, 0.3) is 0 Å². The lowest BCUT2D eigenvalue weighted by molar-refractivity contribution is -0.138. The molecule has 1 heterocycles. The smallest absolute Gasteiger partial charge is 0.312 e. The van der Waals surface area contributed by atoms with Crippen molar-refractivity contribution < 1.29 is 14.6 Å². The maximum Gasteiger partial charge on any atom is 0.312 e. The normalized spacial score (nSPS) is 15.5. The monoisotopic (exact) mass is 207 g/mol. The van der Waals surface area contributed by atoms with Gasteiger partial charge >= 0.3 is 5.97 Å². The van der Waals surface area contributed by atoms with Crippen molar-refractivity contribution >= 4 is 5.97 Å². The van der Waals surface area contributed by atoms with Crippen molar-refractivity contribution in [2.24, 2.45) is 5.73 Å². The molecule has 0 amide bonds. The van der Waals surface area contributed by atoms with Gasteiger partial charge in [-0.05, 0) is 17.2 Å². The summed E-state index contributed by atoms with van der Waals surface area (Å²) in [7, 11) is 0. The van der Waals surface area contributed by atoms with Crippen molar-refractivity contribution in [3.05, 3.63) is 29.3 Å². The standard InChI is InChI=1S/C11H13NO3/c12-6-9(11(13)14)7-1-2-10-8(5-7)3-4-15-10/h1-2,5,9H,3-4,6,12H2,(H,13,14). The summed E-state index contributed by atoms with van der Waals surface area (Å²) < 4.78 is 5.35. The van der Waals surface area contributed by atoms with Crippen LogP contribution in [-0.4, -0.2) is 24.2 Å². The highest BCUT2D eigenvalue weighted by atomic mass is 16.5. The van der Waals surface area contributed by atoms with Crippen molar-refractivity contribution in [3.8, 4) is 5.75 Å². The Balaban J connectivity index is 2.32. The molecule has 4 nitrogen and oxygen atoms in total. The summed E-state index contributed by atoms with van der Waals surface area (Å²) >= 11 is 0. The molecule has 1 aromatic rings. The van der Waals surface area contributed by atoms with Crippen LogP contribution in [0.15, 0.2) is 18.2 Å². The number of fused-ring (bicyclic) bond motifs is 1. The third-order valence-electron chi connectivity index (χ3n) is 2.65. The average molecular weight is 207 g/mol. The largest absolute Gasteiger partial charge is 0.493 e. The van der Waals surface area contributed by atoms with Crippen LogP contribution in [0.5, 0.6) is 5.75 Å². The first-order valence-corrected chi connectivity index (χ1v) is 4.91. The highest BCUT2D eigenvalue weighted by Gasteiger charge is 2.20. The Labute approximate surface area is 87.7 Å². The molecule has 80 valence electrons. The second-order valence-corrected chi connectivity index (χ2v) is 3.59. The Bertz CT molecular complexity index is 389. The van der Waals surface area contributed by atoms with Crippen LogP contribution >= 0.6 is 0 Å². The summed E-state index contributed by atoms with van der Waals surface area (Å²) in [5, 5.41) is 8.96. The molecule has 1 atom stereocenters. The molecule has 0 saturated carbocycles. The van der Waals surface area contributed by atoms with Crippen molar-refractivity contribution in [2.75, 3.05) is 13.2 Å². The molecule has 3 N–H and O–H groups in total. The van der Waals surface area contributed by atoms with Crippen LogP contribution in [-0.2, 0) is 11.2 Å². The van der Waals surface area contributed by atoms with E-state index in [2.05, 4.69) is 0 Å². The van der Waals surface area contributed by atoms with E-state index in [-0.39, 0.29) is 6.54 Å². The summed E-state index contributed by atoms with van der Waals surface area (Å²) in [4.78, 5) is 10.9. The summed E-state index contributed by atoms with van der Waals surface area (Å²) in [5.41, 5.74) is 7.27. The average Bonchev–Trinajstić information content (AvgIpc) is 2.65. The Morgan fingerprint density at radius 3 is 3.07 bits per heavy atom. The van der Waals surface area contributed by atoms with E-state index < -0.39 is 11.9 Å². The van der Waals surface area contributed by atoms with Gasteiger partial charge in [0.1, 0.15) is 5.75 Å². The number of carboxylic acid groups (broad SMARTS) is 1. The lowest BCUT2D eigenvalue weighted by atomic mass is 9.97. The van der Waals surface area contributed by atoms with Crippen LogP contribution in [0.2, 0.25) is 0 Å². The zero-order chi connectivity index (χ0) is 10.8. The molecule has 1 unspecified atom stereocenters. The second kappa shape index (κ2) is 3.90. The molecular formula is C11H13NO3. The quantitative estimate of drug-likeness (QED) is 0.767. The minimum atomic E-state index is -0.878. The summed E-state index contributed by atoms with van der Waals surface area (Å²) in [6.45, 7) is 0.800. The zero-order valence-corrected chi connectivity index (χ0v) is 8.27. The summed E-state index contributed by atoms with van der Waals surface area (Å²) in [5.74, 6) is -0.632. The fourth-order valence-corrected chi connectivity index (χ4v) is 1.80. The highest BCUT2D eigenvalue weighted by Crippen LogP contribution is 2.28. The van der Waals surface area contributed by atoms with Crippen LogP contribution < -0.4 is 10.5 Å². The van der Waals surface area contributed by atoms with E-state index in [1.807, 2.05) is 12.1 Å². The Hall–Kier alpha value is -1.55. The van der Waals surface area contributed by atoms with E-state index in [0.717, 1.165) is 23.3 Å². The molecule has 0 bridgehead atoms. The second-order valence-electron chi connectivity index (χ2n) is 3.59. The molecule has 15 heavy (non-hydrogen) atoms. The van der Waals surface area contributed by atoms with Gasteiger partial charge < -0.3 is 15.6 Å². The third-order valence-corrected chi connectivity index (χ3v) is 2.65. The van der Waals surface area contributed by atoms with Crippen LogP contribution in [0.25, 0.3) is 0 Å². The number of nitrogens with two attached hydrogens (primary N) is 1. The van der Waals surface area contributed by atoms with Gasteiger partial charge in [0.2, 0.25) is 0 Å². The van der Waals surface area contributed by atoms with Crippen molar-refractivity contribution in [1.29, 1.82) is 0 Å². The summed E-state index contributed by atoms with van der Waals surface area (Å²) in [6.07, 6.45) is 0.847. The third kappa shape index (κ3) is 1.80. The van der Waals surface area contributed by atoms with E-state index >= 15 is 0 Å². The molecule has 1 aliphatic rings. The molecule has 1 aromatic carbocycles. The number of hydrogen-bond acceptors (Lipinski definition) is 3. The van der Waals surface area contributed by atoms with Gasteiger partial charge in [-0.15, -0.1) is 0 Å². The molecule has 0 saturated heterocycles. The van der Waals surface area contributed by atoms with Crippen LogP contribution in [0.4, 0.5) is 0 Å². The van der Waals surface area contributed by atoms with Crippen LogP contribution in [0, 0.1) is 0 Å². The lowest BCUT2D eigenvalue weighted by Gasteiger charge is -2.10. The van der Waals surface area contributed by atoms with Gasteiger partial charge in [0.15, 0.2) is 0 Å². The van der Waals surface area contributed by atoms with Crippen molar-refractivity contribution in [1.82, 2.24) is 0 Å². The number of hydrogen-bond donors (Lipinski definition) is 2. The minimum Gasteiger partial charge on any atom is -0.493 e. The molecular weight excluding hydrogens is 194 g/mol. The number of ether oxygens (including phenoxy) is 1. The first-order chi connectivity index (χ1) is 7.22. The van der Waals surface area contributed by atoms with E-state index in [0.29, 0.717) is 6.61 Å². The predicted molar refractivity (Wildman–Crippen MR) is 55.1 cm³/mol. The van der Waals surface area contributed by atoms with Crippen molar-refractivity contribution in [2.45, 2.75) is 12.3 Å². The lowest BCUT2D eigenvalue weighted by Crippen LogP contribution is -2.21. The van der Waals surface area contributed by atoms with Gasteiger partial charge in [0, 0.05) is 13.0 Å². The topological polar surface area (TPSA) is 72.6 Å². The number of benzene rings is 1. The minimum absolute atomic E-state index is 0.120. The fourth-order valence-electron chi connectivity index (χ4n) is 1.80. The molecule has 2 rings (SSSR count). The van der Waals surface area contributed by atoms with Gasteiger partial charge in [-0.1, -0.05) is 12.1 Å². The Kier molecular flexibility index (Phi) is 2.60. The number of rotatable bonds is 3. The predicted octanol–water partition coefficient (Wildman–Crippen LogP) is 0.748. The van der Waals surface area contributed by atoms with Crippen LogP contribution in [0.1, 0.15) is 17.0 Å². The molecule has 0 radical (unpaired) electrons. The van der Waals surface area contributed by atoms with Crippen molar-refractivity contribution in [3.63, 3.8) is 0 Å². The van der Waals surface area contributed by atoms with E-state index in [4.69, 9.17) is 15.6 Å². The first kappa shape index (κ1) is 9.98. The first-order valence-electron chi connectivity index (χ1n) is 4.91. The maximum absolute atomic E-state index is 10.9. The van der Waals surface area contributed by atoms with Gasteiger partial charge in [0.05, 0.1) is 12.5 Å². The number of carbonyl (C=O) groups is 1. The zero-order valence-electron chi connectivity index (χ0n) is 8.27. The van der Waals surface area contributed by atoms with E-state index in [1.165, 1.54) is 0 Å². The van der Waals surface area contributed by atoms with Gasteiger partial charge in [-0.25, -0.2) is 0 Å². The number of carboxylic acids is 1. The SMILES string of the molecule is NCC(C(=O)O)c1ccc2c(c1)CCO2. The molecule has 0 aromatic heterocycles. The fraction of sp³-hybridized carbons (Fsp3) is 0.364. The molecule has 0 spiro atoms. The molecule has 4 heteroatoms. The van der Waals surface area contributed by atoms with E-state index in [1.54, 1.807) is 6.07 Å². The van der Waals surface area contributed by atoms with Gasteiger partial charge in [-0.2, -0.15) is 0 Å². The van der Waals surface area contributed by atoms with Gasteiger partial charge in [-0.3, -0.25) is 4.79 Å². The Morgan fingerprint density at radius 2 is 2.40 bits per heavy atom. The highest BCUT2D eigenvalue weighted by molar-refractivity contribution is 5.76. The molecule has 1 aliphatic heterocycles. The molecule has 0 fully saturated rings. The molecule has 0 aliphatic carbocycles. The van der Waals surface area contributed by atoms with E-state index in [9.17, 15) is 4.79 Å². The number of aliphatic carboxylic acids is 1. The summed E-state index contributed by atoms with van der Waals surface area (Å²) in [6, 6.07) is 5.48.